The summed E-state index contributed by atoms with van der Waals surface area (Å²) in [5, 5.41) is 1.66. The van der Waals surface area contributed by atoms with Gasteiger partial charge in [-0.2, -0.15) is 0 Å². The standard InChI is InChI=1S/C6H12N2O6P2S.Na/c1-4-3-17-5(8(4)2)7-6(15(9,10)11)16(12,13)14;/h3,6H,1-2H3,(H2,9,10,11)(H2,12,13,14);/q;+1/b7-5-;. The fraction of sp³-hybridized carbons (Fsp3) is 0.500. The maximum absolute atomic E-state index is 11.0. The Morgan fingerprint density at radius 1 is 1.28 bits per heavy atom. The molecule has 1 aromatic rings. The van der Waals surface area contributed by atoms with Crippen LogP contribution in [0, 0.1) is 6.92 Å². The molecule has 1 heterocycles. The Hall–Kier alpha value is 0.730. The van der Waals surface area contributed by atoms with E-state index in [1.54, 1.807) is 19.4 Å². The van der Waals surface area contributed by atoms with Crippen molar-refractivity contribution in [2.45, 2.75) is 12.4 Å². The van der Waals surface area contributed by atoms with Crippen molar-refractivity contribution < 1.29 is 58.3 Å². The first-order valence-electron chi connectivity index (χ1n) is 4.29. The van der Waals surface area contributed by atoms with Gasteiger partial charge in [0.2, 0.25) is 0 Å². The second-order valence-corrected chi connectivity index (χ2v) is 7.95. The Kier molecular flexibility index (Phi) is 6.72. The van der Waals surface area contributed by atoms with E-state index in [2.05, 4.69) is 4.99 Å². The predicted molar refractivity (Wildman–Crippen MR) is 61.5 cm³/mol. The monoisotopic (exact) mass is 325 g/mol. The molecule has 1 rings (SSSR count). The molecule has 0 unspecified atom stereocenters. The second-order valence-electron chi connectivity index (χ2n) is 3.37. The number of thiazole rings is 1. The topological polar surface area (TPSA) is 132 Å². The summed E-state index contributed by atoms with van der Waals surface area (Å²) in [6, 6.07) is 0. The van der Waals surface area contributed by atoms with Crippen LogP contribution in [0.25, 0.3) is 0 Å². The van der Waals surface area contributed by atoms with Crippen LogP contribution in [-0.4, -0.2) is 29.7 Å². The Labute approximate surface area is 129 Å². The minimum atomic E-state index is -5.01. The number of nitrogens with zero attached hydrogens (tertiary/aromatic N) is 2. The molecule has 4 N–H and O–H groups in total. The Balaban J connectivity index is 0.00000289. The zero-order valence-electron chi connectivity index (χ0n) is 9.96. The predicted octanol–water partition coefficient (Wildman–Crippen LogP) is -3.06. The summed E-state index contributed by atoms with van der Waals surface area (Å²) in [5.41, 5.74) is -1.58. The summed E-state index contributed by atoms with van der Waals surface area (Å²) < 4.78 is 23.5. The van der Waals surface area contributed by atoms with Gasteiger partial charge in [0, 0.05) is 18.1 Å². The van der Waals surface area contributed by atoms with Gasteiger partial charge in [-0.25, -0.2) is 4.99 Å². The van der Waals surface area contributed by atoms with Crippen LogP contribution in [0.15, 0.2) is 10.4 Å². The van der Waals surface area contributed by atoms with Gasteiger partial charge >= 0.3 is 44.7 Å². The fourth-order valence-corrected chi connectivity index (χ4v) is 4.16. The van der Waals surface area contributed by atoms with Crippen LogP contribution in [0.5, 0.6) is 0 Å². The molecule has 0 amide bonds. The number of aryl methyl sites for hydroxylation is 1. The van der Waals surface area contributed by atoms with E-state index in [1.807, 2.05) is 0 Å². The van der Waals surface area contributed by atoms with Gasteiger partial charge in [0.15, 0.2) is 4.80 Å². The summed E-state index contributed by atoms with van der Waals surface area (Å²) in [5.74, 6) is 0. The van der Waals surface area contributed by atoms with Crippen molar-refractivity contribution in [1.82, 2.24) is 4.57 Å². The van der Waals surface area contributed by atoms with Gasteiger partial charge in [0.1, 0.15) is 0 Å². The van der Waals surface area contributed by atoms with Gasteiger partial charge in [-0.05, 0) is 6.92 Å². The summed E-state index contributed by atoms with van der Waals surface area (Å²) >= 11 is 1.05. The van der Waals surface area contributed by atoms with Gasteiger partial charge < -0.3 is 24.1 Å². The molecular formula is C6H12N2NaO6P2S+. The van der Waals surface area contributed by atoms with Crippen LogP contribution in [0.1, 0.15) is 5.69 Å². The zero-order chi connectivity index (χ0) is 13.4. The Morgan fingerprint density at radius 3 is 2.00 bits per heavy atom. The van der Waals surface area contributed by atoms with E-state index in [1.165, 1.54) is 4.57 Å². The molecule has 0 bridgehead atoms. The summed E-state index contributed by atoms with van der Waals surface area (Å²) in [6.07, 6.45) is 0. The normalized spacial score (nSPS) is 13.8. The molecular weight excluding hydrogens is 313 g/mol. The first kappa shape index (κ1) is 18.7. The molecule has 0 fully saturated rings. The van der Waals surface area contributed by atoms with E-state index < -0.39 is 20.7 Å². The molecule has 0 radical (unpaired) electrons. The molecule has 0 aliphatic heterocycles. The number of aromatic nitrogens is 1. The first-order chi connectivity index (χ1) is 7.53. The molecule has 18 heavy (non-hydrogen) atoms. The molecule has 98 valence electrons. The fourth-order valence-electron chi connectivity index (χ4n) is 1.01. The summed E-state index contributed by atoms with van der Waals surface area (Å²) in [4.78, 5) is 39.2. The molecule has 0 aliphatic carbocycles. The van der Waals surface area contributed by atoms with Crippen LogP contribution in [0.4, 0.5) is 0 Å². The Morgan fingerprint density at radius 2 is 1.72 bits per heavy atom. The van der Waals surface area contributed by atoms with Crippen molar-refractivity contribution in [1.29, 1.82) is 0 Å². The van der Waals surface area contributed by atoms with E-state index in [4.69, 9.17) is 19.6 Å². The van der Waals surface area contributed by atoms with Gasteiger partial charge in [0.05, 0.1) is 0 Å². The minimum Gasteiger partial charge on any atom is -0.324 e. The van der Waals surface area contributed by atoms with E-state index in [-0.39, 0.29) is 34.4 Å². The average molecular weight is 325 g/mol. The molecule has 0 saturated heterocycles. The number of hydrogen-bond donors (Lipinski definition) is 4. The van der Waals surface area contributed by atoms with Gasteiger partial charge in [-0.15, -0.1) is 11.3 Å². The largest absolute Gasteiger partial charge is 1.00 e. The van der Waals surface area contributed by atoms with Crippen molar-refractivity contribution in [2.75, 3.05) is 0 Å². The quantitative estimate of drug-likeness (QED) is 0.345. The third-order valence-electron chi connectivity index (χ3n) is 1.98. The molecule has 0 atom stereocenters. The van der Waals surface area contributed by atoms with Crippen LogP contribution in [0.2, 0.25) is 0 Å². The minimum absolute atomic E-state index is 0. The van der Waals surface area contributed by atoms with Gasteiger partial charge in [-0.1, -0.05) is 0 Å². The maximum atomic E-state index is 11.0. The SMILES string of the molecule is Cc1cs/c(=N\C(P(=O)(O)O)P(=O)(O)O)n1C.[Na+]. The van der Waals surface area contributed by atoms with E-state index in [9.17, 15) is 9.13 Å². The van der Waals surface area contributed by atoms with Crippen LogP contribution in [0.3, 0.4) is 0 Å². The van der Waals surface area contributed by atoms with Crippen LogP contribution < -0.4 is 34.4 Å². The van der Waals surface area contributed by atoms with Crippen molar-refractivity contribution in [3.63, 3.8) is 0 Å². The second kappa shape index (κ2) is 6.45. The third kappa shape index (κ3) is 4.68. The van der Waals surface area contributed by atoms with Crippen LogP contribution in [-0.2, 0) is 16.2 Å². The van der Waals surface area contributed by atoms with E-state index in [0.29, 0.717) is 0 Å². The molecule has 0 spiro atoms. The average Bonchev–Trinajstić information content (AvgIpc) is 2.40. The molecule has 1 aromatic heterocycles. The first-order valence-corrected chi connectivity index (χ1v) is 8.53. The maximum Gasteiger partial charge on any atom is 1.00 e. The smallest absolute Gasteiger partial charge is 0.324 e. The third-order valence-corrected chi connectivity index (χ3v) is 6.27. The number of rotatable bonds is 3. The van der Waals surface area contributed by atoms with Crippen molar-refractivity contribution in [3.05, 3.63) is 15.9 Å². The Bertz CT molecular complexity index is 549. The number of hydrogen-bond acceptors (Lipinski definition) is 4. The van der Waals surface area contributed by atoms with Crippen molar-refractivity contribution in [2.24, 2.45) is 12.0 Å². The zero-order valence-corrected chi connectivity index (χ0v) is 14.6. The molecule has 8 nitrogen and oxygen atoms in total. The van der Waals surface area contributed by atoms with Gasteiger partial charge in [0.25, 0.3) is 5.52 Å². The molecule has 12 heteroatoms. The molecule has 0 aromatic carbocycles. The van der Waals surface area contributed by atoms with E-state index >= 15 is 0 Å². The van der Waals surface area contributed by atoms with Gasteiger partial charge in [-0.3, -0.25) is 9.13 Å². The molecule has 0 aliphatic rings. The van der Waals surface area contributed by atoms with Crippen LogP contribution >= 0.6 is 26.5 Å². The van der Waals surface area contributed by atoms with Crippen molar-refractivity contribution >= 4 is 26.5 Å². The summed E-state index contributed by atoms with van der Waals surface area (Å²) in [6.45, 7) is 1.74. The summed E-state index contributed by atoms with van der Waals surface area (Å²) in [7, 11) is -8.44. The molecule has 0 saturated carbocycles. The van der Waals surface area contributed by atoms with Crippen molar-refractivity contribution in [3.8, 4) is 0 Å². The van der Waals surface area contributed by atoms with E-state index in [0.717, 1.165) is 17.0 Å².